The number of aryl methyl sites for hydroxylation is 1. The lowest BCUT2D eigenvalue weighted by atomic mass is 9.95. The van der Waals surface area contributed by atoms with E-state index in [2.05, 4.69) is 27.9 Å². The van der Waals surface area contributed by atoms with Crippen LogP contribution in [0.15, 0.2) is 6.20 Å². The van der Waals surface area contributed by atoms with Crippen molar-refractivity contribution in [2.45, 2.75) is 45.1 Å². The van der Waals surface area contributed by atoms with Gasteiger partial charge in [0.1, 0.15) is 0 Å². The molecule has 1 N–H and O–H groups in total. The zero-order chi connectivity index (χ0) is 12.4. The Bertz CT molecular complexity index is 351. The maximum Gasteiger partial charge on any atom is 0.206 e. The van der Waals surface area contributed by atoms with Gasteiger partial charge in [-0.25, -0.2) is 4.98 Å². The van der Waals surface area contributed by atoms with Gasteiger partial charge in [-0.1, -0.05) is 19.3 Å². The van der Waals surface area contributed by atoms with E-state index in [-0.39, 0.29) is 0 Å². The number of rotatable bonds is 2. The molecule has 18 heavy (non-hydrogen) atoms. The van der Waals surface area contributed by atoms with Crippen molar-refractivity contribution >= 4 is 5.95 Å². The number of nitrogens with zero attached hydrogens (tertiary/aromatic N) is 3. The molecular formula is C14H24N4. The third-order valence-electron chi connectivity index (χ3n) is 4.20. The lowest BCUT2D eigenvalue weighted by molar-refractivity contribution is 0.352. The van der Waals surface area contributed by atoms with Gasteiger partial charge >= 0.3 is 0 Å². The maximum atomic E-state index is 4.77. The first-order valence-electron chi connectivity index (χ1n) is 7.36. The molecule has 1 aromatic heterocycles. The Morgan fingerprint density at radius 1 is 1.17 bits per heavy atom. The van der Waals surface area contributed by atoms with Crippen LogP contribution in [-0.2, 0) is 0 Å². The van der Waals surface area contributed by atoms with E-state index in [4.69, 9.17) is 4.98 Å². The van der Waals surface area contributed by atoms with E-state index in [0.717, 1.165) is 31.9 Å². The molecule has 1 saturated carbocycles. The third kappa shape index (κ3) is 2.39. The van der Waals surface area contributed by atoms with Crippen molar-refractivity contribution in [1.82, 2.24) is 14.9 Å². The summed E-state index contributed by atoms with van der Waals surface area (Å²) in [5.74, 6) is 1.21. The molecule has 1 saturated heterocycles. The highest BCUT2D eigenvalue weighted by Crippen LogP contribution is 2.31. The van der Waals surface area contributed by atoms with Gasteiger partial charge in [-0.3, -0.25) is 0 Å². The van der Waals surface area contributed by atoms with Gasteiger partial charge in [0.2, 0.25) is 5.95 Å². The average molecular weight is 248 g/mol. The molecule has 1 aliphatic heterocycles. The van der Waals surface area contributed by atoms with Crippen molar-refractivity contribution in [3.05, 3.63) is 11.9 Å². The first kappa shape index (κ1) is 12.0. The number of aromatic nitrogens is 2. The van der Waals surface area contributed by atoms with Crippen molar-refractivity contribution < 1.29 is 0 Å². The van der Waals surface area contributed by atoms with Crippen molar-refractivity contribution in [1.29, 1.82) is 0 Å². The molecule has 0 atom stereocenters. The Kier molecular flexibility index (Phi) is 3.55. The van der Waals surface area contributed by atoms with Crippen molar-refractivity contribution in [2.75, 3.05) is 31.1 Å². The first-order valence-corrected chi connectivity index (χ1v) is 7.36. The monoisotopic (exact) mass is 248 g/mol. The van der Waals surface area contributed by atoms with Crippen LogP contribution in [0, 0.1) is 6.92 Å². The molecule has 2 aliphatic rings. The molecule has 100 valence electrons. The summed E-state index contributed by atoms with van der Waals surface area (Å²) in [7, 11) is 0. The lowest BCUT2D eigenvalue weighted by Crippen LogP contribution is -2.44. The quantitative estimate of drug-likeness (QED) is 0.870. The second kappa shape index (κ2) is 5.31. The molecule has 0 amide bonds. The Hall–Kier alpha value is -1.03. The molecule has 4 heteroatoms. The van der Waals surface area contributed by atoms with Crippen LogP contribution in [0.2, 0.25) is 0 Å². The van der Waals surface area contributed by atoms with Crippen LogP contribution in [-0.4, -0.2) is 35.7 Å². The number of hydrogen-bond donors (Lipinski definition) is 1. The van der Waals surface area contributed by atoms with Gasteiger partial charge in [-0.15, -0.1) is 0 Å². The van der Waals surface area contributed by atoms with Crippen LogP contribution < -0.4 is 10.2 Å². The molecule has 2 fully saturated rings. The van der Waals surface area contributed by atoms with Crippen LogP contribution in [0.25, 0.3) is 0 Å². The van der Waals surface area contributed by atoms with E-state index >= 15 is 0 Å². The van der Waals surface area contributed by atoms with Crippen molar-refractivity contribution in [3.63, 3.8) is 0 Å². The highest BCUT2D eigenvalue weighted by Gasteiger charge is 2.22. The summed E-state index contributed by atoms with van der Waals surface area (Å²) in [4.78, 5) is 7.21. The fourth-order valence-electron chi connectivity index (χ4n) is 3.23. The van der Waals surface area contributed by atoms with E-state index in [1.807, 2.05) is 0 Å². The fraction of sp³-hybridized carbons (Fsp3) is 0.786. The zero-order valence-corrected chi connectivity index (χ0v) is 11.4. The molecular weight excluding hydrogens is 224 g/mol. The predicted molar refractivity (Wildman–Crippen MR) is 74.2 cm³/mol. The molecule has 0 aromatic carbocycles. The van der Waals surface area contributed by atoms with Gasteiger partial charge in [0.15, 0.2) is 0 Å². The molecule has 2 heterocycles. The zero-order valence-electron chi connectivity index (χ0n) is 11.4. The van der Waals surface area contributed by atoms with Gasteiger partial charge < -0.3 is 14.8 Å². The molecule has 1 aromatic rings. The van der Waals surface area contributed by atoms with Crippen molar-refractivity contribution in [2.24, 2.45) is 0 Å². The van der Waals surface area contributed by atoms with Gasteiger partial charge in [-0.2, -0.15) is 0 Å². The van der Waals surface area contributed by atoms with E-state index in [0.29, 0.717) is 6.04 Å². The minimum absolute atomic E-state index is 0.685. The first-order chi connectivity index (χ1) is 8.84. The minimum atomic E-state index is 0.685. The standard InChI is InChI=1S/C14H24N4/c1-12-11-18(13-5-3-2-4-6-13)14(16-12)17-9-7-15-8-10-17/h11,13,15H,2-10H2,1H3. The normalized spacial score (nSPS) is 22.4. The minimum Gasteiger partial charge on any atom is -0.340 e. The predicted octanol–water partition coefficient (Wildman–Crippen LogP) is 2.11. The van der Waals surface area contributed by atoms with E-state index in [1.54, 1.807) is 0 Å². The van der Waals surface area contributed by atoms with E-state index < -0.39 is 0 Å². The lowest BCUT2D eigenvalue weighted by Gasteiger charge is -2.32. The Labute approximate surface area is 109 Å². The second-order valence-corrected chi connectivity index (χ2v) is 5.62. The molecule has 0 spiro atoms. The third-order valence-corrected chi connectivity index (χ3v) is 4.20. The van der Waals surface area contributed by atoms with E-state index in [1.165, 1.54) is 38.1 Å². The summed E-state index contributed by atoms with van der Waals surface area (Å²) >= 11 is 0. The van der Waals surface area contributed by atoms with E-state index in [9.17, 15) is 0 Å². The summed E-state index contributed by atoms with van der Waals surface area (Å²) in [6.07, 6.45) is 9.08. The SMILES string of the molecule is Cc1cn(C2CCCCC2)c(N2CCNCC2)n1. The van der Waals surface area contributed by atoms with Crippen LogP contribution in [0.3, 0.4) is 0 Å². The molecule has 3 rings (SSSR count). The summed E-state index contributed by atoms with van der Waals surface area (Å²) in [5.41, 5.74) is 1.16. The molecule has 4 nitrogen and oxygen atoms in total. The second-order valence-electron chi connectivity index (χ2n) is 5.62. The summed E-state index contributed by atoms with van der Waals surface area (Å²) < 4.78 is 2.46. The molecule has 1 aliphatic carbocycles. The number of anilines is 1. The fourth-order valence-corrected chi connectivity index (χ4v) is 3.23. The molecule has 0 unspecified atom stereocenters. The van der Waals surface area contributed by atoms with Gasteiger partial charge in [0, 0.05) is 38.4 Å². The highest BCUT2D eigenvalue weighted by atomic mass is 15.3. The smallest absolute Gasteiger partial charge is 0.206 e. The Balaban J connectivity index is 1.83. The van der Waals surface area contributed by atoms with Gasteiger partial charge in [-0.05, 0) is 19.8 Å². The number of nitrogens with one attached hydrogen (secondary N) is 1. The number of hydrogen-bond acceptors (Lipinski definition) is 3. The molecule has 0 radical (unpaired) electrons. The van der Waals surface area contributed by atoms with Crippen LogP contribution in [0.1, 0.15) is 43.8 Å². The number of piperazine rings is 1. The Morgan fingerprint density at radius 2 is 1.89 bits per heavy atom. The Morgan fingerprint density at radius 3 is 2.61 bits per heavy atom. The van der Waals surface area contributed by atoms with Crippen molar-refractivity contribution in [3.8, 4) is 0 Å². The largest absolute Gasteiger partial charge is 0.340 e. The van der Waals surface area contributed by atoms with Gasteiger partial charge in [0.05, 0.1) is 5.69 Å². The number of imidazole rings is 1. The summed E-state index contributed by atoms with van der Waals surface area (Å²) in [6, 6.07) is 0.685. The average Bonchev–Trinajstić information content (AvgIpc) is 2.83. The summed E-state index contributed by atoms with van der Waals surface area (Å²) in [5, 5.41) is 3.41. The maximum absolute atomic E-state index is 4.77. The highest BCUT2D eigenvalue weighted by molar-refractivity contribution is 5.35. The summed E-state index contributed by atoms with van der Waals surface area (Å²) in [6.45, 7) is 6.45. The molecule has 0 bridgehead atoms. The van der Waals surface area contributed by atoms with Gasteiger partial charge in [0.25, 0.3) is 0 Å². The topological polar surface area (TPSA) is 33.1 Å². The van der Waals surface area contributed by atoms with Crippen LogP contribution in [0.4, 0.5) is 5.95 Å². The van der Waals surface area contributed by atoms with Crippen LogP contribution >= 0.6 is 0 Å². The van der Waals surface area contributed by atoms with Crippen LogP contribution in [0.5, 0.6) is 0 Å².